The number of nitrogens with one attached hydrogen (secondary N) is 1. The minimum atomic E-state index is -0.511. The first kappa shape index (κ1) is 15.9. The number of H-pyrrole nitrogens is 1. The van der Waals surface area contributed by atoms with Crippen LogP contribution in [0.1, 0.15) is 74.9 Å². The number of allylic oxidation sites excluding steroid dienone is 2. The number of rotatable bonds is 2. The van der Waals surface area contributed by atoms with Gasteiger partial charge in [0.15, 0.2) is 5.78 Å². The van der Waals surface area contributed by atoms with Crippen LogP contribution in [-0.4, -0.2) is 25.9 Å². The number of carbonyl (C=O) groups is 1. The molecule has 2 heterocycles. The summed E-state index contributed by atoms with van der Waals surface area (Å²) in [5.41, 5.74) is 6.26. The van der Waals surface area contributed by atoms with E-state index < -0.39 is 5.41 Å². The molecule has 1 fully saturated rings. The minimum absolute atomic E-state index is 0.0147. The van der Waals surface area contributed by atoms with Gasteiger partial charge in [0.05, 0.1) is 11.1 Å². The molecular formula is C21H24N4O. The standard InChI is InChI=1S/C21H24N4O/c1-20(2)7-13-6-15-18(19(25-24-15)12-4-5-12)21(3,17(13)16(26)8-20)14-9-22-11-23-10-14/h9-12H,4-8H2,1-3H3,(H,24,25). The lowest BCUT2D eigenvalue weighted by Gasteiger charge is -2.43. The summed E-state index contributed by atoms with van der Waals surface area (Å²) in [6.07, 6.45) is 10.0. The maximum absolute atomic E-state index is 13.3. The average molecular weight is 348 g/mol. The first-order valence-corrected chi connectivity index (χ1v) is 9.49. The molecule has 5 heteroatoms. The third-order valence-electron chi connectivity index (χ3n) is 6.32. The van der Waals surface area contributed by atoms with Crippen LogP contribution in [0.3, 0.4) is 0 Å². The normalized spacial score (nSPS) is 27.3. The number of ketones is 1. The van der Waals surface area contributed by atoms with Gasteiger partial charge in [-0.1, -0.05) is 19.4 Å². The molecule has 0 amide bonds. The van der Waals surface area contributed by atoms with Gasteiger partial charge >= 0.3 is 0 Å². The number of Topliss-reactive ketones (excluding diaryl/α,β-unsaturated/α-hetero) is 1. The second-order valence-electron chi connectivity index (χ2n) is 9.09. The Balaban J connectivity index is 1.79. The smallest absolute Gasteiger partial charge is 0.160 e. The summed E-state index contributed by atoms with van der Waals surface area (Å²) < 4.78 is 0. The van der Waals surface area contributed by atoms with Gasteiger partial charge in [0.25, 0.3) is 0 Å². The molecule has 1 unspecified atom stereocenters. The minimum Gasteiger partial charge on any atom is -0.294 e. The van der Waals surface area contributed by atoms with E-state index in [-0.39, 0.29) is 11.2 Å². The van der Waals surface area contributed by atoms with Crippen molar-refractivity contribution < 1.29 is 4.79 Å². The molecule has 0 aliphatic heterocycles. The fourth-order valence-corrected chi connectivity index (χ4v) is 5.15. The number of hydrogen-bond donors (Lipinski definition) is 1. The second kappa shape index (κ2) is 5.12. The largest absolute Gasteiger partial charge is 0.294 e. The highest BCUT2D eigenvalue weighted by molar-refractivity contribution is 6.01. The Morgan fingerprint density at radius 3 is 2.54 bits per heavy atom. The Bertz CT molecular complexity index is 936. The Hall–Kier alpha value is -2.30. The van der Waals surface area contributed by atoms with Gasteiger partial charge in [0.1, 0.15) is 6.33 Å². The Labute approximate surface area is 153 Å². The SMILES string of the molecule is CC1(C)CC(=O)C2=C(Cc3[nH]nc(C4CC4)c3C2(C)c2cncnc2)C1. The third-order valence-corrected chi connectivity index (χ3v) is 6.32. The van der Waals surface area contributed by atoms with Crippen molar-refractivity contribution in [2.24, 2.45) is 5.41 Å². The molecule has 0 radical (unpaired) electrons. The fraction of sp³-hybridized carbons (Fsp3) is 0.524. The Morgan fingerprint density at radius 2 is 1.85 bits per heavy atom. The number of aromatic nitrogens is 4. The van der Waals surface area contributed by atoms with Crippen molar-refractivity contribution in [2.45, 2.75) is 64.2 Å². The van der Waals surface area contributed by atoms with Crippen molar-refractivity contribution in [1.29, 1.82) is 0 Å². The van der Waals surface area contributed by atoms with Gasteiger partial charge < -0.3 is 0 Å². The van der Waals surface area contributed by atoms with E-state index in [1.165, 1.54) is 29.7 Å². The van der Waals surface area contributed by atoms with Gasteiger partial charge in [-0.05, 0) is 31.6 Å². The Kier molecular flexibility index (Phi) is 3.13. The van der Waals surface area contributed by atoms with E-state index in [9.17, 15) is 4.79 Å². The maximum Gasteiger partial charge on any atom is 0.160 e. The summed E-state index contributed by atoms with van der Waals surface area (Å²) >= 11 is 0. The molecule has 0 spiro atoms. The van der Waals surface area contributed by atoms with Crippen LogP contribution in [0.2, 0.25) is 0 Å². The monoisotopic (exact) mass is 348 g/mol. The van der Waals surface area contributed by atoms with E-state index in [0.29, 0.717) is 12.3 Å². The lowest BCUT2D eigenvalue weighted by atomic mass is 9.58. The Morgan fingerprint density at radius 1 is 1.12 bits per heavy atom. The number of aromatic amines is 1. The fourth-order valence-electron chi connectivity index (χ4n) is 5.15. The molecule has 5 rings (SSSR count). The molecule has 26 heavy (non-hydrogen) atoms. The second-order valence-corrected chi connectivity index (χ2v) is 9.09. The summed E-state index contributed by atoms with van der Waals surface area (Å²) in [5, 5.41) is 8.01. The highest BCUT2D eigenvalue weighted by atomic mass is 16.1. The first-order chi connectivity index (χ1) is 12.4. The number of carbonyl (C=O) groups excluding carboxylic acids is 1. The van der Waals surface area contributed by atoms with E-state index in [1.807, 2.05) is 12.4 Å². The highest BCUT2D eigenvalue weighted by Crippen LogP contribution is 2.55. The average Bonchev–Trinajstić information content (AvgIpc) is 3.34. The zero-order chi connectivity index (χ0) is 18.1. The molecule has 3 aliphatic carbocycles. The summed E-state index contributed by atoms with van der Waals surface area (Å²) in [7, 11) is 0. The molecular weight excluding hydrogens is 324 g/mol. The van der Waals surface area contributed by atoms with Crippen LogP contribution < -0.4 is 0 Å². The van der Waals surface area contributed by atoms with Crippen molar-refractivity contribution in [3.8, 4) is 0 Å². The quantitative estimate of drug-likeness (QED) is 0.900. The molecule has 0 aromatic carbocycles. The zero-order valence-corrected chi connectivity index (χ0v) is 15.6. The van der Waals surface area contributed by atoms with E-state index in [4.69, 9.17) is 5.10 Å². The molecule has 2 aromatic rings. The van der Waals surface area contributed by atoms with Gasteiger partial charge in [-0.2, -0.15) is 5.10 Å². The first-order valence-electron chi connectivity index (χ1n) is 9.49. The predicted octanol–water partition coefficient (Wildman–Crippen LogP) is 3.62. The molecule has 134 valence electrons. The van der Waals surface area contributed by atoms with Crippen molar-refractivity contribution in [2.75, 3.05) is 0 Å². The van der Waals surface area contributed by atoms with E-state index >= 15 is 0 Å². The van der Waals surface area contributed by atoms with E-state index in [0.717, 1.165) is 29.7 Å². The molecule has 2 aromatic heterocycles. The summed E-state index contributed by atoms with van der Waals surface area (Å²) in [5.74, 6) is 0.799. The lowest BCUT2D eigenvalue weighted by molar-refractivity contribution is -0.118. The third kappa shape index (κ3) is 2.15. The highest BCUT2D eigenvalue weighted by Gasteiger charge is 2.50. The van der Waals surface area contributed by atoms with Crippen LogP contribution in [0.15, 0.2) is 29.9 Å². The molecule has 0 bridgehead atoms. The topological polar surface area (TPSA) is 71.5 Å². The van der Waals surface area contributed by atoms with Crippen molar-refractivity contribution >= 4 is 5.78 Å². The van der Waals surface area contributed by atoms with Crippen LogP contribution in [-0.2, 0) is 16.6 Å². The number of fused-ring (bicyclic) bond motifs is 1. The van der Waals surface area contributed by atoms with Crippen molar-refractivity contribution in [1.82, 2.24) is 20.2 Å². The van der Waals surface area contributed by atoms with Crippen molar-refractivity contribution in [3.63, 3.8) is 0 Å². The summed E-state index contributed by atoms with van der Waals surface area (Å²) in [6, 6.07) is 0. The van der Waals surface area contributed by atoms with E-state index in [1.54, 1.807) is 6.33 Å². The van der Waals surface area contributed by atoms with Gasteiger partial charge in [0.2, 0.25) is 0 Å². The van der Waals surface area contributed by atoms with Gasteiger partial charge in [-0.15, -0.1) is 0 Å². The molecule has 5 nitrogen and oxygen atoms in total. The van der Waals surface area contributed by atoms with Crippen LogP contribution in [0, 0.1) is 5.41 Å². The number of nitrogens with zero attached hydrogens (tertiary/aromatic N) is 3. The molecule has 1 saturated carbocycles. The van der Waals surface area contributed by atoms with E-state index in [2.05, 4.69) is 35.8 Å². The molecule has 0 saturated heterocycles. The zero-order valence-electron chi connectivity index (χ0n) is 15.6. The van der Waals surface area contributed by atoms with Gasteiger partial charge in [-0.25, -0.2) is 9.97 Å². The van der Waals surface area contributed by atoms with Crippen LogP contribution in [0.4, 0.5) is 0 Å². The summed E-state index contributed by atoms with van der Waals surface area (Å²) in [4.78, 5) is 21.9. The number of hydrogen-bond acceptors (Lipinski definition) is 4. The van der Waals surface area contributed by atoms with Gasteiger partial charge in [-0.3, -0.25) is 9.89 Å². The van der Waals surface area contributed by atoms with Crippen molar-refractivity contribution in [3.05, 3.63) is 52.4 Å². The van der Waals surface area contributed by atoms with Crippen LogP contribution >= 0.6 is 0 Å². The summed E-state index contributed by atoms with van der Waals surface area (Å²) in [6.45, 7) is 6.56. The predicted molar refractivity (Wildman–Crippen MR) is 97.8 cm³/mol. The van der Waals surface area contributed by atoms with Crippen LogP contribution in [0.25, 0.3) is 0 Å². The molecule has 1 N–H and O–H groups in total. The molecule has 3 aliphatic rings. The van der Waals surface area contributed by atoms with Gasteiger partial charge in [0, 0.05) is 53.5 Å². The maximum atomic E-state index is 13.3. The lowest BCUT2D eigenvalue weighted by Crippen LogP contribution is -2.41. The molecule has 1 atom stereocenters. The van der Waals surface area contributed by atoms with Crippen LogP contribution in [0.5, 0.6) is 0 Å².